The Kier molecular flexibility index (Phi) is 4.82. The zero-order valence-corrected chi connectivity index (χ0v) is 16.6. The van der Waals surface area contributed by atoms with E-state index in [1.807, 2.05) is 42.5 Å². The monoisotopic (exact) mass is 426 g/mol. The van der Waals surface area contributed by atoms with Gasteiger partial charge in [-0.2, -0.15) is 0 Å². The molecule has 5 rings (SSSR count). The number of esters is 1. The second-order valence-electron chi connectivity index (χ2n) is 6.15. The van der Waals surface area contributed by atoms with Crippen LogP contribution >= 0.6 is 23.1 Å². The van der Waals surface area contributed by atoms with Gasteiger partial charge in [-0.3, -0.25) is 4.79 Å². The second-order valence-corrected chi connectivity index (χ2v) is 8.40. The summed E-state index contributed by atoms with van der Waals surface area (Å²) in [6.07, 6.45) is 0. The van der Waals surface area contributed by atoms with Crippen molar-refractivity contribution in [3.05, 3.63) is 54.2 Å². The minimum Gasteiger partial charge on any atom is -0.458 e. The van der Waals surface area contributed by atoms with Crippen molar-refractivity contribution in [2.75, 3.05) is 12.5 Å². The summed E-state index contributed by atoms with van der Waals surface area (Å²) in [5.74, 6) is 1.79. The Balaban J connectivity index is 1.16. The molecule has 1 aliphatic rings. The summed E-state index contributed by atoms with van der Waals surface area (Å²) < 4.78 is 23.3. The van der Waals surface area contributed by atoms with Crippen LogP contribution in [0.3, 0.4) is 0 Å². The topological polar surface area (TPSA) is 83.7 Å². The number of carbonyl (C=O) groups excluding carboxylic acids is 1. The van der Waals surface area contributed by atoms with Crippen LogP contribution in [0.2, 0.25) is 0 Å². The fraction of sp³-hybridized carbons (Fsp3) is 0.150. The lowest BCUT2D eigenvalue weighted by atomic mass is 10.1. The Morgan fingerprint density at radius 3 is 2.97 bits per heavy atom. The normalized spacial score (nSPS) is 12.4. The minimum atomic E-state index is -0.332. The number of thioether (sulfide) groups is 1. The molecule has 0 atom stereocenters. The van der Waals surface area contributed by atoms with Gasteiger partial charge in [0.05, 0.1) is 16.0 Å². The van der Waals surface area contributed by atoms with Gasteiger partial charge in [-0.25, -0.2) is 4.98 Å². The van der Waals surface area contributed by atoms with Gasteiger partial charge in [-0.1, -0.05) is 29.1 Å². The van der Waals surface area contributed by atoms with Crippen LogP contribution in [0.4, 0.5) is 0 Å². The molecule has 2 aromatic carbocycles. The molecule has 0 N–H and O–H groups in total. The van der Waals surface area contributed by atoms with Gasteiger partial charge in [0.25, 0.3) is 0 Å². The first-order chi connectivity index (χ1) is 14.2. The van der Waals surface area contributed by atoms with Crippen LogP contribution in [0.1, 0.15) is 5.69 Å². The first-order valence-electron chi connectivity index (χ1n) is 8.74. The number of hydrogen-bond donors (Lipinski definition) is 0. The van der Waals surface area contributed by atoms with Crippen LogP contribution in [-0.4, -0.2) is 28.7 Å². The van der Waals surface area contributed by atoms with E-state index in [-0.39, 0.29) is 25.1 Å². The Morgan fingerprint density at radius 1 is 1.14 bits per heavy atom. The highest BCUT2D eigenvalue weighted by Gasteiger charge is 2.16. The highest BCUT2D eigenvalue weighted by atomic mass is 32.2. The van der Waals surface area contributed by atoms with Crippen molar-refractivity contribution in [3.63, 3.8) is 0 Å². The fourth-order valence-electron chi connectivity index (χ4n) is 2.80. The van der Waals surface area contributed by atoms with E-state index < -0.39 is 0 Å². The molecule has 0 amide bonds. The fourth-order valence-corrected chi connectivity index (χ4v) is 4.66. The predicted octanol–water partition coefficient (Wildman–Crippen LogP) is 4.52. The molecular weight excluding hydrogens is 412 g/mol. The van der Waals surface area contributed by atoms with Crippen molar-refractivity contribution in [1.82, 2.24) is 10.1 Å². The van der Waals surface area contributed by atoms with Crippen LogP contribution in [0, 0.1) is 0 Å². The summed E-state index contributed by atoms with van der Waals surface area (Å²) in [5, 5.41) is 3.96. The summed E-state index contributed by atoms with van der Waals surface area (Å²) in [5.41, 5.74) is 2.29. The van der Waals surface area contributed by atoms with Crippen molar-refractivity contribution in [2.45, 2.75) is 10.9 Å². The molecule has 0 spiro atoms. The molecule has 0 radical (unpaired) electrons. The number of fused-ring (bicyclic) bond motifs is 2. The van der Waals surface area contributed by atoms with E-state index in [2.05, 4.69) is 10.1 Å². The van der Waals surface area contributed by atoms with Gasteiger partial charge in [0.15, 0.2) is 21.6 Å². The molecule has 1 aliphatic heterocycles. The number of ether oxygens (including phenoxy) is 3. The van der Waals surface area contributed by atoms with Crippen molar-refractivity contribution < 1.29 is 23.5 Å². The highest BCUT2D eigenvalue weighted by molar-refractivity contribution is 8.01. The quantitative estimate of drug-likeness (QED) is 0.329. The highest BCUT2D eigenvalue weighted by Crippen LogP contribution is 2.36. The second kappa shape index (κ2) is 7.76. The maximum Gasteiger partial charge on any atom is 0.316 e. The van der Waals surface area contributed by atoms with E-state index in [4.69, 9.17) is 18.7 Å². The predicted molar refractivity (Wildman–Crippen MR) is 108 cm³/mol. The molecule has 0 bridgehead atoms. The van der Waals surface area contributed by atoms with E-state index >= 15 is 0 Å². The number of aromatic nitrogens is 2. The Bertz CT molecular complexity index is 1150. The summed E-state index contributed by atoms with van der Waals surface area (Å²) in [7, 11) is 0. The van der Waals surface area contributed by atoms with E-state index in [0.717, 1.165) is 20.1 Å². The third-order valence-electron chi connectivity index (χ3n) is 4.18. The summed E-state index contributed by atoms with van der Waals surface area (Å²) in [4.78, 5) is 16.5. The Hall–Kier alpha value is -3.04. The first-order valence-corrected chi connectivity index (χ1v) is 10.5. The molecule has 9 heteroatoms. The van der Waals surface area contributed by atoms with Crippen LogP contribution in [0.5, 0.6) is 11.5 Å². The van der Waals surface area contributed by atoms with E-state index in [1.165, 1.54) is 11.8 Å². The number of carbonyl (C=O) groups is 1. The van der Waals surface area contributed by atoms with Crippen molar-refractivity contribution in [3.8, 4) is 22.8 Å². The number of nitrogens with zero attached hydrogens (tertiary/aromatic N) is 2. The minimum absolute atomic E-state index is 0.0489. The molecule has 4 aromatic rings. The largest absolute Gasteiger partial charge is 0.458 e. The molecule has 0 aliphatic carbocycles. The van der Waals surface area contributed by atoms with Gasteiger partial charge < -0.3 is 18.7 Å². The van der Waals surface area contributed by atoms with Gasteiger partial charge in [-0.05, 0) is 30.3 Å². The number of para-hydroxylation sites is 1. The zero-order valence-electron chi connectivity index (χ0n) is 15.0. The summed E-state index contributed by atoms with van der Waals surface area (Å²) in [6, 6.07) is 15.1. The lowest BCUT2D eigenvalue weighted by molar-refractivity contribution is -0.141. The van der Waals surface area contributed by atoms with E-state index in [9.17, 15) is 4.79 Å². The van der Waals surface area contributed by atoms with Crippen LogP contribution in [0.15, 0.2) is 57.4 Å². The third-order valence-corrected chi connectivity index (χ3v) is 6.34. The molecule has 146 valence electrons. The third kappa shape index (κ3) is 3.92. The molecular formula is C20H14N2O5S2. The number of hydrogen-bond acceptors (Lipinski definition) is 9. The van der Waals surface area contributed by atoms with Crippen LogP contribution in [0.25, 0.3) is 21.5 Å². The number of rotatable bonds is 6. The Labute approximate surface area is 173 Å². The van der Waals surface area contributed by atoms with Crippen LogP contribution in [-0.2, 0) is 16.1 Å². The van der Waals surface area contributed by atoms with Gasteiger partial charge in [-0.15, -0.1) is 11.3 Å². The van der Waals surface area contributed by atoms with Crippen LogP contribution < -0.4 is 9.47 Å². The number of benzene rings is 2. The summed E-state index contributed by atoms with van der Waals surface area (Å²) in [6.45, 7) is 0.263. The molecule has 0 unspecified atom stereocenters. The van der Waals surface area contributed by atoms with Gasteiger partial charge in [0.1, 0.15) is 12.3 Å². The molecule has 3 heterocycles. The standard InChI is InChI=1S/C20H14N2O5S2/c23-19(10-28-20-21-14-3-1-2-4-18(14)29-20)24-9-13-8-16(27-22-13)12-5-6-15-17(7-12)26-11-25-15/h1-8H,9-11H2. The average molecular weight is 426 g/mol. The van der Waals surface area contributed by atoms with Gasteiger partial charge in [0.2, 0.25) is 6.79 Å². The molecule has 2 aromatic heterocycles. The molecule has 0 fully saturated rings. The smallest absolute Gasteiger partial charge is 0.316 e. The van der Waals surface area contributed by atoms with E-state index in [0.29, 0.717) is 23.0 Å². The lowest BCUT2D eigenvalue weighted by Crippen LogP contribution is -2.07. The number of thiazole rings is 1. The molecule has 7 nitrogen and oxygen atoms in total. The molecule has 29 heavy (non-hydrogen) atoms. The maximum atomic E-state index is 12.1. The molecule has 0 saturated heterocycles. The van der Waals surface area contributed by atoms with E-state index in [1.54, 1.807) is 17.4 Å². The average Bonchev–Trinajstić information content (AvgIpc) is 3.48. The van der Waals surface area contributed by atoms with Crippen molar-refractivity contribution in [1.29, 1.82) is 0 Å². The molecule has 0 saturated carbocycles. The van der Waals surface area contributed by atoms with Gasteiger partial charge in [0, 0.05) is 11.6 Å². The van der Waals surface area contributed by atoms with Gasteiger partial charge >= 0.3 is 5.97 Å². The Morgan fingerprint density at radius 2 is 2.03 bits per heavy atom. The lowest BCUT2D eigenvalue weighted by Gasteiger charge is -2.00. The zero-order chi connectivity index (χ0) is 19.6. The van der Waals surface area contributed by atoms with Crippen molar-refractivity contribution in [2.24, 2.45) is 0 Å². The summed E-state index contributed by atoms with van der Waals surface area (Å²) >= 11 is 2.93. The van der Waals surface area contributed by atoms with Crippen molar-refractivity contribution >= 4 is 39.3 Å². The SMILES string of the molecule is O=C(CSc1nc2ccccc2s1)OCc1cc(-c2ccc3c(c2)OCO3)on1. The first kappa shape index (κ1) is 18.0. The maximum absolute atomic E-state index is 12.1.